The lowest BCUT2D eigenvalue weighted by Crippen LogP contribution is -2.40. The van der Waals surface area contributed by atoms with E-state index in [1.165, 1.54) is 5.56 Å². The first-order valence-corrected chi connectivity index (χ1v) is 8.57. The fourth-order valence-corrected chi connectivity index (χ4v) is 3.00. The van der Waals surface area contributed by atoms with Gasteiger partial charge in [0.1, 0.15) is 0 Å². The van der Waals surface area contributed by atoms with Crippen molar-refractivity contribution >= 4 is 11.8 Å². The van der Waals surface area contributed by atoms with Gasteiger partial charge in [-0.2, -0.15) is 0 Å². The molecule has 0 aliphatic carbocycles. The molecule has 6 nitrogen and oxygen atoms in total. The average Bonchev–Trinajstić information content (AvgIpc) is 2.59. The number of piperidine rings is 1. The molecule has 0 bridgehead atoms. The van der Waals surface area contributed by atoms with Crippen LogP contribution in [0.2, 0.25) is 0 Å². The molecule has 24 heavy (non-hydrogen) atoms. The highest BCUT2D eigenvalue weighted by atomic mass is 16.2. The molecule has 0 aromatic heterocycles. The molecule has 0 spiro atoms. The van der Waals surface area contributed by atoms with E-state index in [4.69, 9.17) is 11.5 Å². The fraction of sp³-hybridized carbons (Fsp3) is 0.556. The molecule has 2 unspecified atom stereocenters. The van der Waals surface area contributed by atoms with Crippen molar-refractivity contribution in [2.24, 2.45) is 23.3 Å². The SMILES string of the molecule is CC(CN)C(=O)NCc1cccc(CN2CCCC(C(N)=O)C2)c1. The lowest BCUT2D eigenvalue weighted by molar-refractivity contribution is -0.124. The molecule has 1 aromatic rings. The minimum Gasteiger partial charge on any atom is -0.369 e. The molecular formula is C18H28N4O2. The Hall–Kier alpha value is -1.92. The maximum atomic E-state index is 11.8. The van der Waals surface area contributed by atoms with Crippen LogP contribution in [0.3, 0.4) is 0 Å². The lowest BCUT2D eigenvalue weighted by Gasteiger charge is -2.31. The van der Waals surface area contributed by atoms with Crippen LogP contribution >= 0.6 is 0 Å². The van der Waals surface area contributed by atoms with Crippen LogP contribution in [0.1, 0.15) is 30.9 Å². The summed E-state index contributed by atoms with van der Waals surface area (Å²) in [5.41, 5.74) is 13.2. The fourth-order valence-electron chi connectivity index (χ4n) is 3.00. The van der Waals surface area contributed by atoms with E-state index in [-0.39, 0.29) is 23.7 Å². The second kappa shape index (κ2) is 8.80. The summed E-state index contributed by atoms with van der Waals surface area (Å²) >= 11 is 0. The van der Waals surface area contributed by atoms with Crippen molar-refractivity contribution in [3.05, 3.63) is 35.4 Å². The topological polar surface area (TPSA) is 101 Å². The van der Waals surface area contributed by atoms with Gasteiger partial charge in [-0.05, 0) is 30.5 Å². The van der Waals surface area contributed by atoms with Crippen LogP contribution in [0.15, 0.2) is 24.3 Å². The normalized spacial score (nSPS) is 19.7. The van der Waals surface area contributed by atoms with Gasteiger partial charge in [-0.1, -0.05) is 31.2 Å². The molecule has 1 saturated heterocycles. The van der Waals surface area contributed by atoms with Crippen LogP contribution in [0.5, 0.6) is 0 Å². The van der Waals surface area contributed by atoms with Gasteiger partial charge in [0.15, 0.2) is 0 Å². The van der Waals surface area contributed by atoms with E-state index in [0.29, 0.717) is 13.1 Å². The number of benzene rings is 1. The zero-order valence-corrected chi connectivity index (χ0v) is 14.3. The van der Waals surface area contributed by atoms with Gasteiger partial charge in [0, 0.05) is 32.1 Å². The minimum atomic E-state index is -0.204. The Morgan fingerprint density at radius 2 is 2.12 bits per heavy atom. The summed E-state index contributed by atoms with van der Waals surface area (Å²) in [4.78, 5) is 25.5. The highest BCUT2D eigenvalue weighted by Gasteiger charge is 2.23. The molecule has 1 heterocycles. The zero-order valence-electron chi connectivity index (χ0n) is 14.3. The number of amides is 2. The molecular weight excluding hydrogens is 304 g/mol. The van der Waals surface area contributed by atoms with Crippen molar-refractivity contribution < 1.29 is 9.59 Å². The summed E-state index contributed by atoms with van der Waals surface area (Å²) in [7, 11) is 0. The van der Waals surface area contributed by atoms with Gasteiger partial charge in [0.25, 0.3) is 0 Å². The second-order valence-electron chi connectivity index (χ2n) is 6.65. The Kier molecular flexibility index (Phi) is 6.75. The molecule has 2 rings (SSSR count). The number of rotatable bonds is 7. The summed E-state index contributed by atoms with van der Waals surface area (Å²) in [6, 6.07) is 8.17. The smallest absolute Gasteiger partial charge is 0.224 e. The van der Waals surface area contributed by atoms with E-state index < -0.39 is 0 Å². The maximum Gasteiger partial charge on any atom is 0.224 e. The van der Waals surface area contributed by atoms with E-state index in [9.17, 15) is 9.59 Å². The molecule has 0 saturated carbocycles. The summed E-state index contributed by atoms with van der Waals surface area (Å²) in [5.74, 6) is -0.445. The van der Waals surface area contributed by atoms with E-state index in [1.807, 2.05) is 19.1 Å². The van der Waals surface area contributed by atoms with Crippen molar-refractivity contribution in [3.8, 4) is 0 Å². The number of nitrogens with one attached hydrogen (secondary N) is 1. The van der Waals surface area contributed by atoms with Crippen LogP contribution in [0.4, 0.5) is 0 Å². The van der Waals surface area contributed by atoms with Gasteiger partial charge in [0.2, 0.25) is 11.8 Å². The summed E-state index contributed by atoms with van der Waals surface area (Å²) in [5, 5.41) is 2.91. The lowest BCUT2D eigenvalue weighted by atomic mass is 9.97. The number of carbonyl (C=O) groups is 2. The van der Waals surface area contributed by atoms with Crippen molar-refractivity contribution in [3.63, 3.8) is 0 Å². The van der Waals surface area contributed by atoms with E-state index in [0.717, 1.165) is 38.0 Å². The van der Waals surface area contributed by atoms with Crippen molar-refractivity contribution in [1.82, 2.24) is 10.2 Å². The van der Waals surface area contributed by atoms with Crippen molar-refractivity contribution in [2.75, 3.05) is 19.6 Å². The highest BCUT2D eigenvalue weighted by molar-refractivity contribution is 5.78. The van der Waals surface area contributed by atoms with Gasteiger partial charge < -0.3 is 16.8 Å². The first kappa shape index (κ1) is 18.4. The van der Waals surface area contributed by atoms with Crippen molar-refractivity contribution in [2.45, 2.75) is 32.9 Å². The van der Waals surface area contributed by atoms with Gasteiger partial charge >= 0.3 is 0 Å². The Morgan fingerprint density at radius 3 is 2.83 bits per heavy atom. The molecule has 2 amide bonds. The number of nitrogens with two attached hydrogens (primary N) is 2. The van der Waals surface area contributed by atoms with Crippen LogP contribution in [-0.4, -0.2) is 36.3 Å². The molecule has 2 atom stereocenters. The largest absolute Gasteiger partial charge is 0.369 e. The monoisotopic (exact) mass is 332 g/mol. The molecule has 1 aliphatic rings. The molecule has 1 fully saturated rings. The predicted octanol–water partition coefficient (Wildman–Crippen LogP) is 0.595. The number of nitrogens with zero attached hydrogens (tertiary/aromatic N) is 1. The number of carbonyl (C=O) groups excluding carboxylic acids is 2. The quantitative estimate of drug-likeness (QED) is 0.680. The zero-order chi connectivity index (χ0) is 17.5. The molecule has 6 heteroatoms. The van der Waals surface area contributed by atoms with Crippen molar-refractivity contribution in [1.29, 1.82) is 0 Å². The Morgan fingerprint density at radius 1 is 1.38 bits per heavy atom. The van der Waals surface area contributed by atoms with Gasteiger partial charge in [-0.3, -0.25) is 14.5 Å². The Labute approximate surface area is 143 Å². The number of hydrogen-bond donors (Lipinski definition) is 3. The van der Waals surface area contributed by atoms with Crippen LogP contribution < -0.4 is 16.8 Å². The van der Waals surface area contributed by atoms with Crippen LogP contribution in [0.25, 0.3) is 0 Å². The first-order chi connectivity index (χ1) is 11.5. The van der Waals surface area contributed by atoms with E-state index >= 15 is 0 Å². The molecule has 132 valence electrons. The summed E-state index contributed by atoms with van der Waals surface area (Å²) in [6.45, 7) is 5.17. The van der Waals surface area contributed by atoms with Gasteiger partial charge in [-0.25, -0.2) is 0 Å². The summed E-state index contributed by atoms with van der Waals surface area (Å²) < 4.78 is 0. The highest BCUT2D eigenvalue weighted by Crippen LogP contribution is 2.18. The Balaban J connectivity index is 1.90. The van der Waals surface area contributed by atoms with Crippen LogP contribution in [0, 0.1) is 11.8 Å². The molecule has 1 aromatic carbocycles. The molecule has 1 aliphatic heterocycles. The van der Waals surface area contributed by atoms with E-state index in [2.05, 4.69) is 22.3 Å². The van der Waals surface area contributed by atoms with Gasteiger partial charge in [0.05, 0.1) is 5.92 Å². The average molecular weight is 332 g/mol. The third kappa shape index (κ3) is 5.32. The van der Waals surface area contributed by atoms with E-state index in [1.54, 1.807) is 0 Å². The number of hydrogen-bond acceptors (Lipinski definition) is 4. The van der Waals surface area contributed by atoms with Gasteiger partial charge in [-0.15, -0.1) is 0 Å². The Bertz CT molecular complexity index is 576. The second-order valence-corrected chi connectivity index (χ2v) is 6.65. The molecule has 0 radical (unpaired) electrons. The number of primary amides is 1. The predicted molar refractivity (Wildman–Crippen MR) is 93.7 cm³/mol. The third-order valence-corrected chi connectivity index (χ3v) is 4.57. The standard InChI is InChI=1S/C18H28N4O2/c1-13(9-19)18(24)21-10-14-4-2-5-15(8-14)11-22-7-3-6-16(12-22)17(20)23/h2,4-5,8,13,16H,3,6-7,9-12,19H2,1H3,(H2,20,23)(H,21,24). The minimum absolute atomic E-state index is 0.0248. The number of likely N-dealkylation sites (tertiary alicyclic amines) is 1. The first-order valence-electron chi connectivity index (χ1n) is 8.57. The molecule has 5 N–H and O–H groups in total. The maximum absolute atomic E-state index is 11.8. The van der Waals surface area contributed by atoms with Crippen LogP contribution in [-0.2, 0) is 22.7 Å². The third-order valence-electron chi connectivity index (χ3n) is 4.57. The summed E-state index contributed by atoms with van der Waals surface area (Å²) in [6.07, 6.45) is 1.89.